The maximum atomic E-state index is 11.4. The molecule has 0 amide bonds. The third-order valence-corrected chi connectivity index (χ3v) is 4.84. The van der Waals surface area contributed by atoms with Gasteiger partial charge in [0.2, 0.25) is 0 Å². The summed E-state index contributed by atoms with van der Waals surface area (Å²) < 4.78 is 0. The van der Waals surface area contributed by atoms with Crippen LogP contribution in [0.3, 0.4) is 0 Å². The largest absolute Gasteiger partial charge is 0.481 e. The zero-order chi connectivity index (χ0) is 20.7. The smallest absolute Gasteiger partial charge is 0.320 e. The van der Waals surface area contributed by atoms with E-state index in [-0.39, 0.29) is 19.5 Å². The predicted octanol–water partition coefficient (Wildman–Crippen LogP) is 2.67. The van der Waals surface area contributed by atoms with Crippen LogP contribution in [0.25, 0.3) is 0 Å². The molecule has 0 aliphatic rings. The Kier molecular flexibility index (Phi) is 14.4. The highest BCUT2D eigenvalue weighted by Gasteiger charge is 2.21. The standard InChI is InChI=1S/C19H36N2O6/c1-3-5-6-8-14(4-2)9-7-10-15(18(24)25)20-13-21-16(19(26)27)11-12-17(22)23/h14-16,20-21H,3-13H2,1-2H3,(H,22,23)(H,24,25)(H,26,27)/t14?,15-,16-/m0/s1. The van der Waals surface area contributed by atoms with Crippen molar-refractivity contribution in [2.45, 2.75) is 90.1 Å². The summed E-state index contributed by atoms with van der Waals surface area (Å²) in [5.41, 5.74) is 0. The number of aliphatic carboxylic acids is 3. The van der Waals surface area contributed by atoms with Gasteiger partial charge in [0.05, 0.1) is 0 Å². The minimum atomic E-state index is -1.15. The summed E-state index contributed by atoms with van der Waals surface area (Å²) in [5, 5.41) is 32.5. The summed E-state index contributed by atoms with van der Waals surface area (Å²) >= 11 is 0. The van der Waals surface area contributed by atoms with E-state index in [2.05, 4.69) is 24.5 Å². The molecule has 3 atom stereocenters. The molecule has 0 heterocycles. The van der Waals surface area contributed by atoms with Crippen LogP contribution >= 0.6 is 0 Å². The number of rotatable bonds is 18. The van der Waals surface area contributed by atoms with Crippen LogP contribution in [0.1, 0.15) is 78.1 Å². The van der Waals surface area contributed by atoms with Crippen molar-refractivity contribution < 1.29 is 29.7 Å². The van der Waals surface area contributed by atoms with Crippen molar-refractivity contribution in [3.63, 3.8) is 0 Å². The summed E-state index contributed by atoms with van der Waals surface area (Å²) in [6.45, 7) is 4.34. The average Bonchev–Trinajstić information content (AvgIpc) is 2.60. The van der Waals surface area contributed by atoms with Crippen molar-refractivity contribution in [2.24, 2.45) is 5.92 Å². The number of carboxylic acids is 3. The van der Waals surface area contributed by atoms with E-state index in [1.54, 1.807) is 0 Å². The molecule has 8 heteroatoms. The first-order valence-electron chi connectivity index (χ1n) is 9.95. The summed E-state index contributed by atoms with van der Waals surface area (Å²) in [4.78, 5) is 33.1. The van der Waals surface area contributed by atoms with Crippen LogP contribution < -0.4 is 10.6 Å². The van der Waals surface area contributed by atoms with Crippen LogP contribution in [0.15, 0.2) is 0 Å². The van der Waals surface area contributed by atoms with Crippen molar-refractivity contribution in [1.82, 2.24) is 10.6 Å². The number of unbranched alkanes of at least 4 members (excludes halogenated alkanes) is 2. The Balaban J connectivity index is 4.26. The van der Waals surface area contributed by atoms with E-state index in [0.29, 0.717) is 12.3 Å². The van der Waals surface area contributed by atoms with Crippen LogP contribution in [0, 0.1) is 5.92 Å². The molecule has 0 aromatic carbocycles. The highest BCUT2D eigenvalue weighted by Crippen LogP contribution is 2.20. The van der Waals surface area contributed by atoms with Gasteiger partial charge in [-0.15, -0.1) is 0 Å². The van der Waals surface area contributed by atoms with Crippen molar-refractivity contribution >= 4 is 17.9 Å². The minimum absolute atomic E-state index is 0.00125. The van der Waals surface area contributed by atoms with Crippen molar-refractivity contribution in [3.05, 3.63) is 0 Å². The lowest BCUT2D eigenvalue weighted by Gasteiger charge is -2.19. The fraction of sp³-hybridized carbons (Fsp3) is 0.842. The normalized spacial score (nSPS) is 14.4. The lowest BCUT2D eigenvalue weighted by atomic mass is 9.92. The number of carboxylic acid groups (broad SMARTS) is 3. The van der Waals surface area contributed by atoms with Crippen LogP contribution in [0.4, 0.5) is 0 Å². The molecular weight excluding hydrogens is 352 g/mol. The zero-order valence-electron chi connectivity index (χ0n) is 16.6. The second-order valence-electron chi connectivity index (χ2n) is 7.00. The van der Waals surface area contributed by atoms with Crippen molar-refractivity contribution in [1.29, 1.82) is 0 Å². The van der Waals surface area contributed by atoms with Gasteiger partial charge in [0.1, 0.15) is 12.1 Å². The Morgan fingerprint density at radius 2 is 1.33 bits per heavy atom. The zero-order valence-corrected chi connectivity index (χ0v) is 16.6. The maximum absolute atomic E-state index is 11.4. The van der Waals surface area contributed by atoms with E-state index in [1.165, 1.54) is 25.7 Å². The number of carbonyl (C=O) groups is 3. The van der Waals surface area contributed by atoms with Gasteiger partial charge in [0.25, 0.3) is 0 Å². The van der Waals surface area contributed by atoms with Crippen molar-refractivity contribution in [3.8, 4) is 0 Å². The van der Waals surface area contributed by atoms with Crippen molar-refractivity contribution in [2.75, 3.05) is 6.67 Å². The Morgan fingerprint density at radius 1 is 0.778 bits per heavy atom. The Morgan fingerprint density at radius 3 is 1.81 bits per heavy atom. The molecule has 0 aromatic heterocycles. The van der Waals surface area contributed by atoms with E-state index in [1.807, 2.05) is 0 Å². The van der Waals surface area contributed by atoms with E-state index in [9.17, 15) is 19.5 Å². The SMILES string of the molecule is CCCCCC(CC)CCC[C@H](NCN[C@@H](CCC(=O)O)C(=O)O)C(=O)O. The first kappa shape index (κ1) is 25.3. The first-order chi connectivity index (χ1) is 12.8. The molecule has 1 unspecified atom stereocenters. The van der Waals surface area contributed by atoms with Crippen LogP contribution in [0.5, 0.6) is 0 Å². The molecule has 0 aromatic rings. The van der Waals surface area contributed by atoms with Gasteiger partial charge in [-0.2, -0.15) is 0 Å². The summed E-state index contributed by atoms with van der Waals surface area (Å²) in [6.07, 6.45) is 7.88. The molecule has 27 heavy (non-hydrogen) atoms. The predicted molar refractivity (Wildman–Crippen MR) is 103 cm³/mol. The molecule has 8 nitrogen and oxygen atoms in total. The average molecular weight is 389 g/mol. The van der Waals surface area contributed by atoms with E-state index in [4.69, 9.17) is 10.2 Å². The molecular formula is C19H36N2O6. The molecule has 0 bridgehead atoms. The van der Waals surface area contributed by atoms with Gasteiger partial charge < -0.3 is 15.3 Å². The molecule has 0 fully saturated rings. The van der Waals surface area contributed by atoms with Gasteiger partial charge in [0.15, 0.2) is 0 Å². The van der Waals surface area contributed by atoms with Gasteiger partial charge >= 0.3 is 17.9 Å². The molecule has 0 rings (SSSR count). The Labute approximate surface area is 161 Å². The molecule has 0 radical (unpaired) electrons. The summed E-state index contributed by atoms with van der Waals surface area (Å²) in [5.74, 6) is -2.56. The Hall–Kier alpha value is -1.67. The molecule has 0 aliphatic heterocycles. The fourth-order valence-corrected chi connectivity index (χ4v) is 3.05. The lowest BCUT2D eigenvalue weighted by Crippen LogP contribution is -2.47. The number of nitrogens with one attached hydrogen (secondary N) is 2. The molecule has 158 valence electrons. The summed E-state index contributed by atoms with van der Waals surface area (Å²) in [6, 6.07) is -1.77. The second-order valence-corrected chi connectivity index (χ2v) is 7.00. The molecule has 0 aliphatic carbocycles. The third kappa shape index (κ3) is 13.2. The lowest BCUT2D eigenvalue weighted by molar-refractivity contribution is -0.141. The van der Waals surface area contributed by atoms with Gasteiger partial charge in [-0.1, -0.05) is 58.8 Å². The van der Waals surface area contributed by atoms with Gasteiger partial charge in [-0.3, -0.25) is 25.0 Å². The second kappa shape index (κ2) is 15.4. The van der Waals surface area contributed by atoms with Crippen LogP contribution in [0.2, 0.25) is 0 Å². The van der Waals surface area contributed by atoms with E-state index < -0.39 is 30.0 Å². The monoisotopic (exact) mass is 388 g/mol. The minimum Gasteiger partial charge on any atom is -0.481 e. The van der Waals surface area contributed by atoms with Gasteiger partial charge in [-0.05, 0) is 18.8 Å². The van der Waals surface area contributed by atoms with Gasteiger partial charge in [-0.25, -0.2) is 0 Å². The fourth-order valence-electron chi connectivity index (χ4n) is 3.05. The first-order valence-corrected chi connectivity index (χ1v) is 9.95. The van der Waals surface area contributed by atoms with Crippen LogP contribution in [-0.4, -0.2) is 52.0 Å². The third-order valence-electron chi connectivity index (χ3n) is 4.84. The highest BCUT2D eigenvalue weighted by atomic mass is 16.4. The Bertz CT molecular complexity index is 444. The quantitative estimate of drug-likeness (QED) is 0.179. The molecule has 5 N–H and O–H groups in total. The topological polar surface area (TPSA) is 136 Å². The maximum Gasteiger partial charge on any atom is 0.320 e. The van der Waals surface area contributed by atoms with Gasteiger partial charge in [0, 0.05) is 13.1 Å². The molecule has 0 saturated heterocycles. The molecule has 0 spiro atoms. The van der Waals surface area contributed by atoms with E-state index >= 15 is 0 Å². The van der Waals surface area contributed by atoms with Crippen LogP contribution in [-0.2, 0) is 14.4 Å². The summed E-state index contributed by atoms with van der Waals surface area (Å²) in [7, 11) is 0. The van der Waals surface area contributed by atoms with E-state index in [0.717, 1.165) is 19.3 Å². The highest BCUT2D eigenvalue weighted by molar-refractivity contribution is 5.75. The number of hydrogen-bond donors (Lipinski definition) is 5. The molecule has 0 saturated carbocycles. The number of hydrogen-bond acceptors (Lipinski definition) is 5.